The summed E-state index contributed by atoms with van der Waals surface area (Å²) in [6, 6.07) is 7.86. The van der Waals surface area contributed by atoms with E-state index in [1.54, 1.807) is 13.0 Å². The number of thiazole rings is 1. The van der Waals surface area contributed by atoms with Gasteiger partial charge in [0.1, 0.15) is 11.5 Å². The molecule has 11 heteroatoms. The molecule has 1 aromatic carbocycles. The lowest BCUT2D eigenvalue weighted by atomic mass is 9.98. The van der Waals surface area contributed by atoms with Crippen LogP contribution in [0.5, 0.6) is 0 Å². The second kappa shape index (κ2) is 10.4. The number of nitrogens with one attached hydrogen (secondary N) is 2. The summed E-state index contributed by atoms with van der Waals surface area (Å²) >= 11 is 1.34. The molecule has 0 bridgehead atoms. The number of carbonyl (C=O) groups is 2. The Morgan fingerprint density at radius 3 is 2.56 bits per heavy atom. The van der Waals surface area contributed by atoms with E-state index >= 15 is 0 Å². The van der Waals surface area contributed by atoms with Gasteiger partial charge in [-0.2, -0.15) is 13.2 Å². The third kappa shape index (κ3) is 5.95. The maximum Gasteiger partial charge on any atom is 0.433 e. The number of anilines is 2. The molecule has 0 radical (unpaired) electrons. The van der Waals surface area contributed by atoms with Crippen LogP contribution in [0.2, 0.25) is 0 Å². The average Bonchev–Trinajstić information content (AvgIpc) is 3.22. The molecule has 1 aliphatic rings. The summed E-state index contributed by atoms with van der Waals surface area (Å²) < 4.78 is 40.9. The summed E-state index contributed by atoms with van der Waals surface area (Å²) in [5, 5.41) is 6.01. The van der Waals surface area contributed by atoms with Crippen LogP contribution in [0.25, 0.3) is 10.2 Å². The number of hydrogen-bond acceptors (Lipinski definition) is 6. The first-order valence-corrected chi connectivity index (χ1v) is 12.6. The van der Waals surface area contributed by atoms with Gasteiger partial charge in [-0.05, 0) is 49.4 Å². The van der Waals surface area contributed by atoms with Gasteiger partial charge >= 0.3 is 6.18 Å². The lowest BCUT2D eigenvalue weighted by molar-refractivity contribution is -0.141. The number of nitrogens with zero attached hydrogens (tertiary/aromatic N) is 3. The van der Waals surface area contributed by atoms with Crippen molar-refractivity contribution in [3.63, 3.8) is 0 Å². The maximum absolute atomic E-state index is 13.3. The zero-order valence-corrected chi connectivity index (χ0v) is 21.1. The maximum atomic E-state index is 13.3. The quantitative estimate of drug-likeness (QED) is 0.460. The largest absolute Gasteiger partial charge is 0.433 e. The van der Waals surface area contributed by atoms with Gasteiger partial charge in [-0.15, -0.1) is 0 Å². The fourth-order valence-corrected chi connectivity index (χ4v) is 5.06. The summed E-state index contributed by atoms with van der Waals surface area (Å²) in [7, 11) is 0. The molecule has 2 amide bonds. The van der Waals surface area contributed by atoms with Gasteiger partial charge in [-0.3, -0.25) is 9.59 Å². The third-order valence-corrected chi connectivity index (χ3v) is 7.32. The molecule has 1 unspecified atom stereocenters. The van der Waals surface area contributed by atoms with Crippen LogP contribution >= 0.6 is 11.3 Å². The Balaban J connectivity index is 1.49. The molecule has 1 fully saturated rings. The molecule has 2 N–H and O–H groups in total. The topological polar surface area (TPSA) is 87.2 Å². The van der Waals surface area contributed by atoms with Crippen molar-refractivity contribution in [3.05, 3.63) is 47.2 Å². The first kappa shape index (κ1) is 25.9. The van der Waals surface area contributed by atoms with Crippen LogP contribution in [0.4, 0.5) is 24.1 Å². The van der Waals surface area contributed by atoms with Gasteiger partial charge in [0.25, 0.3) is 0 Å². The number of aromatic nitrogens is 2. The molecule has 3 aromatic rings. The van der Waals surface area contributed by atoms with E-state index in [0.717, 1.165) is 29.2 Å². The smallest absolute Gasteiger partial charge is 0.356 e. The van der Waals surface area contributed by atoms with Crippen molar-refractivity contribution in [1.82, 2.24) is 15.3 Å². The molecule has 1 saturated heterocycles. The van der Waals surface area contributed by atoms with Crippen molar-refractivity contribution in [3.8, 4) is 0 Å². The van der Waals surface area contributed by atoms with Crippen molar-refractivity contribution in [2.45, 2.75) is 52.3 Å². The molecule has 1 aliphatic heterocycles. The molecular weight excluding hydrogens is 491 g/mol. The zero-order chi connectivity index (χ0) is 26.0. The molecule has 7 nitrogen and oxygen atoms in total. The number of benzene rings is 1. The van der Waals surface area contributed by atoms with Gasteiger partial charge in [0, 0.05) is 32.1 Å². The molecule has 192 valence electrons. The number of alkyl halides is 3. The Bertz CT molecular complexity index is 1270. The van der Waals surface area contributed by atoms with Gasteiger partial charge < -0.3 is 15.5 Å². The van der Waals surface area contributed by atoms with Crippen LogP contribution in [-0.4, -0.2) is 34.9 Å². The Morgan fingerprint density at radius 1 is 1.17 bits per heavy atom. The van der Waals surface area contributed by atoms with Crippen LogP contribution < -0.4 is 15.5 Å². The van der Waals surface area contributed by atoms with Crippen molar-refractivity contribution < 1.29 is 22.8 Å². The predicted molar refractivity (Wildman–Crippen MR) is 134 cm³/mol. The van der Waals surface area contributed by atoms with Gasteiger partial charge in [0.15, 0.2) is 5.13 Å². The van der Waals surface area contributed by atoms with Crippen LogP contribution in [-0.2, 0) is 22.3 Å². The molecule has 1 atom stereocenters. The number of pyridine rings is 1. The average molecular weight is 520 g/mol. The van der Waals surface area contributed by atoms with E-state index in [1.165, 1.54) is 24.3 Å². The molecule has 4 rings (SSSR count). The molecular formula is C25H28F3N5O2S. The highest BCUT2D eigenvalue weighted by molar-refractivity contribution is 7.22. The fraction of sp³-hybridized carbons (Fsp3) is 0.440. The van der Waals surface area contributed by atoms with Gasteiger partial charge in [0.2, 0.25) is 11.8 Å². The number of carbonyl (C=O) groups excluding carboxylic acids is 2. The molecule has 3 heterocycles. The minimum absolute atomic E-state index is 0.0708. The van der Waals surface area contributed by atoms with Crippen molar-refractivity contribution in [2.75, 3.05) is 23.3 Å². The van der Waals surface area contributed by atoms with Crippen molar-refractivity contribution in [2.24, 2.45) is 5.92 Å². The Kier molecular flexibility index (Phi) is 7.49. The summed E-state index contributed by atoms with van der Waals surface area (Å²) in [6.07, 6.45) is -2.78. The second-order valence-corrected chi connectivity index (χ2v) is 10.2. The summed E-state index contributed by atoms with van der Waals surface area (Å²) in [4.78, 5) is 34.5. The number of fused-ring (bicyclic) bond motifs is 1. The van der Waals surface area contributed by atoms with E-state index in [0.29, 0.717) is 35.2 Å². The lowest BCUT2D eigenvalue weighted by Gasteiger charge is -2.33. The second-order valence-electron chi connectivity index (χ2n) is 9.21. The van der Waals surface area contributed by atoms with E-state index in [-0.39, 0.29) is 24.2 Å². The summed E-state index contributed by atoms with van der Waals surface area (Å²) in [5.74, 6) is -0.190. The third-order valence-electron chi connectivity index (χ3n) is 6.37. The molecule has 2 aromatic heterocycles. The number of halogens is 3. The Labute approximate surface area is 211 Å². The van der Waals surface area contributed by atoms with Crippen molar-refractivity contribution in [1.29, 1.82) is 0 Å². The monoisotopic (exact) mass is 519 g/mol. The summed E-state index contributed by atoms with van der Waals surface area (Å²) in [6.45, 7) is 6.62. The SMILES string of the molecule is CC(=O)Nc1nc2cc(C(C)C(=O)NCc3ccc(C(F)(F)F)nc3N3CCC(C)CC3)ccc2s1. The lowest BCUT2D eigenvalue weighted by Crippen LogP contribution is -2.35. The Morgan fingerprint density at radius 2 is 1.89 bits per heavy atom. The highest BCUT2D eigenvalue weighted by Crippen LogP contribution is 2.33. The standard InChI is InChI=1S/C25H28F3N5O2S/c1-14-8-10-33(11-9-14)22-18(5-7-21(32-22)25(26,27)28)13-29-23(35)15(2)17-4-6-20-19(12-17)31-24(36-20)30-16(3)34/h4-7,12,14-15H,8-11,13H2,1-3H3,(H,29,35)(H,30,31,34). The van der Waals surface area contributed by atoms with E-state index in [9.17, 15) is 22.8 Å². The van der Waals surface area contributed by atoms with Gasteiger partial charge in [-0.1, -0.05) is 30.4 Å². The van der Waals surface area contributed by atoms with Gasteiger partial charge in [0.05, 0.1) is 16.1 Å². The normalized spacial score (nSPS) is 15.7. The van der Waals surface area contributed by atoms with Crippen LogP contribution in [0, 0.1) is 5.92 Å². The first-order valence-electron chi connectivity index (χ1n) is 11.8. The highest BCUT2D eigenvalue weighted by atomic mass is 32.1. The Hall–Kier alpha value is -3.21. The minimum Gasteiger partial charge on any atom is -0.356 e. The fourth-order valence-electron chi connectivity index (χ4n) is 4.17. The number of piperidine rings is 1. The predicted octanol–water partition coefficient (Wildman–Crippen LogP) is 5.32. The summed E-state index contributed by atoms with van der Waals surface area (Å²) in [5.41, 5.74) is 1.03. The minimum atomic E-state index is -4.54. The molecule has 0 spiro atoms. The molecule has 0 aliphatic carbocycles. The van der Waals surface area contributed by atoms with Gasteiger partial charge in [-0.25, -0.2) is 9.97 Å². The number of hydrogen-bond donors (Lipinski definition) is 2. The van der Waals surface area contributed by atoms with Crippen molar-refractivity contribution >= 4 is 44.3 Å². The van der Waals surface area contributed by atoms with E-state index < -0.39 is 17.8 Å². The molecule has 0 saturated carbocycles. The zero-order valence-electron chi connectivity index (χ0n) is 20.3. The number of amides is 2. The van der Waals surface area contributed by atoms with Crippen LogP contribution in [0.15, 0.2) is 30.3 Å². The van der Waals surface area contributed by atoms with E-state index in [1.807, 2.05) is 17.0 Å². The highest BCUT2D eigenvalue weighted by Gasteiger charge is 2.34. The van der Waals surface area contributed by atoms with E-state index in [4.69, 9.17) is 0 Å². The van der Waals surface area contributed by atoms with Crippen LogP contribution in [0.1, 0.15) is 56.4 Å². The first-order chi connectivity index (χ1) is 17.0. The van der Waals surface area contributed by atoms with E-state index in [2.05, 4.69) is 27.5 Å². The molecule has 36 heavy (non-hydrogen) atoms. The van der Waals surface area contributed by atoms with Crippen LogP contribution in [0.3, 0.4) is 0 Å². The number of rotatable bonds is 6.